The van der Waals surface area contributed by atoms with E-state index >= 15 is 0 Å². The fourth-order valence-corrected chi connectivity index (χ4v) is 9.43. The average molecular weight is 1620 g/mol. The first-order valence-electron chi connectivity index (χ1n) is 35.8. The number of carboxylic acid groups (broad SMARTS) is 1. The Morgan fingerprint density at radius 3 is 0.880 bits per heavy atom. The van der Waals surface area contributed by atoms with E-state index in [0.717, 1.165) is 29.7 Å². The number of rotatable bonds is 37. The quantitative estimate of drug-likeness (QED) is 0.00242. The van der Waals surface area contributed by atoms with Gasteiger partial charge in [0, 0.05) is 46.9 Å². The molecule has 0 fully saturated rings. The Morgan fingerprint density at radius 2 is 0.598 bits per heavy atom. The largest absolute Gasteiger partial charge is 0.504 e. The van der Waals surface area contributed by atoms with Crippen LogP contribution in [-0.2, 0) is 28.6 Å². The maximum atomic E-state index is 12.9. The number of carboxylic acids is 1. The van der Waals surface area contributed by atoms with Crippen LogP contribution in [0, 0.1) is 0 Å². The summed E-state index contributed by atoms with van der Waals surface area (Å²) in [5.41, 5.74) is 6.88. The van der Waals surface area contributed by atoms with Crippen molar-refractivity contribution in [3.05, 3.63) is 234 Å². The molecular formula is C86H100N6O25. The molecule has 8 aromatic carbocycles. The number of phenols is 3. The van der Waals surface area contributed by atoms with E-state index in [1.165, 1.54) is 73.7 Å². The fourth-order valence-electron chi connectivity index (χ4n) is 9.43. The first-order chi connectivity index (χ1) is 55.7. The van der Waals surface area contributed by atoms with E-state index in [9.17, 15) is 48.9 Å². The number of aromatic hydroxyl groups is 3. The van der Waals surface area contributed by atoms with Crippen molar-refractivity contribution < 1.29 is 121 Å². The number of methoxy groups -OCH3 is 5. The lowest BCUT2D eigenvalue weighted by Gasteiger charge is -2.12. The van der Waals surface area contributed by atoms with Crippen LogP contribution in [0.3, 0.4) is 0 Å². The minimum atomic E-state index is -0.962. The van der Waals surface area contributed by atoms with Gasteiger partial charge >= 0.3 is 35.8 Å². The zero-order chi connectivity index (χ0) is 85.5. The van der Waals surface area contributed by atoms with Crippen molar-refractivity contribution >= 4 is 64.4 Å². The van der Waals surface area contributed by atoms with E-state index < -0.39 is 29.8 Å². The van der Waals surface area contributed by atoms with Crippen molar-refractivity contribution in [2.75, 3.05) is 75.2 Å². The number of benzene rings is 8. The van der Waals surface area contributed by atoms with E-state index in [1.54, 1.807) is 153 Å². The van der Waals surface area contributed by atoms with Crippen molar-refractivity contribution in [2.45, 2.75) is 80.1 Å². The maximum absolute atomic E-state index is 12.9. The number of carbonyl (C=O) groups is 7. The molecule has 8 aromatic rings. The summed E-state index contributed by atoms with van der Waals surface area (Å²) in [6, 6.07) is 44.0. The molecule has 0 saturated heterocycles. The van der Waals surface area contributed by atoms with Gasteiger partial charge in [-0.05, 0) is 237 Å². The summed E-state index contributed by atoms with van der Waals surface area (Å²) in [4.78, 5) is 80.1. The molecule has 8 rings (SSSR count). The van der Waals surface area contributed by atoms with Crippen LogP contribution in [-0.4, -0.2) is 166 Å². The maximum Gasteiger partial charge on any atom is 0.343 e. The van der Waals surface area contributed by atoms with Crippen molar-refractivity contribution in [2.24, 2.45) is 32.1 Å². The smallest absolute Gasteiger partial charge is 0.343 e. The molecule has 0 atom stereocenters. The minimum Gasteiger partial charge on any atom is -0.504 e. The van der Waals surface area contributed by atoms with Gasteiger partial charge in [0.1, 0.15) is 17.2 Å². The number of unbranched alkanes of at least 4 members (excludes halogenated alkanes) is 3. The first-order valence-corrected chi connectivity index (χ1v) is 35.8. The Hall–Kier alpha value is -13.9. The summed E-state index contributed by atoms with van der Waals surface area (Å²) < 4.78 is 68.8. The number of hydrogen-bond acceptors (Lipinski definition) is 29. The van der Waals surface area contributed by atoms with Crippen LogP contribution in [0.5, 0.6) is 74.7 Å². The molecule has 0 amide bonds. The predicted molar refractivity (Wildman–Crippen MR) is 440 cm³/mol. The van der Waals surface area contributed by atoms with Crippen LogP contribution >= 0.6 is 0 Å². The molecule has 0 spiro atoms. The molecule has 10 N–H and O–H groups in total. The molecule has 31 nitrogen and oxygen atoms in total. The number of hydrazine groups is 1. The van der Waals surface area contributed by atoms with Gasteiger partial charge < -0.3 is 87.5 Å². The Kier molecular flexibility index (Phi) is 44.2. The number of carbonyl (C=O) groups excluding carboxylic acids is 6. The van der Waals surface area contributed by atoms with Crippen molar-refractivity contribution in [3.63, 3.8) is 0 Å². The van der Waals surface area contributed by atoms with Crippen LogP contribution in [0.25, 0.3) is 0 Å². The van der Waals surface area contributed by atoms with Gasteiger partial charge in [-0.15, -0.1) is 0 Å². The second kappa shape index (κ2) is 53.2. The number of aromatic carboxylic acids is 1. The molecular weight excluding hydrogens is 1520 g/mol. The average Bonchev–Trinajstić information content (AvgIpc) is 0.835. The Balaban J connectivity index is 0.000000492. The molecule has 0 aliphatic rings. The Labute approximate surface area is 678 Å². The van der Waals surface area contributed by atoms with Gasteiger partial charge in [0.2, 0.25) is 0 Å². The molecule has 0 saturated carbocycles. The summed E-state index contributed by atoms with van der Waals surface area (Å²) in [6.45, 7) is 19.0. The number of ketones is 1. The summed E-state index contributed by atoms with van der Waals surface area (Å²) >= 11 is 0. The highest BCUT2D eigenvalue weighted by Gasteiger charge is 2.18. The molecule has 0 aliphatic heterocycles. The fraction of sp³-hybridized carbons (Fsp3) is 0.267. The van der Waals surface area contributed by atoms with Crippen LogP contribution < -0.4 is 59.1 Å². The number of hydrogen-bond donors (Lipinski definition) is 6. The van der Waals surface area contributed by atoms with E-state index in [1.807, 2.05) is 13.8 Å². The minimum absolute atomic E-state index is 0. The van der Waals surface area contributed by atoms with Gasteiger partial charge in [0.25, 0.3) is 0 Å². The molecule has 31 heteroatoms. The lowest BCUT2D eigenvalue weighted by Crippen LogP contribution is -2.10. The number of nitrogens with two attached hydrogens (primary N) is 2. The molecule has 0 unspecified atom stereocenters. The summed E-state index contributed by atoms with van der Waals surface area (Å²) in [5.74, 6) is 8.86. The van der Waals surface area contributed by atoms with E-state index in [0.29, 0.717) is 168 Å². The van der Waals surface area contributed by atoms with Gasteiger partial charge in [0.15, 0.2) is 63.3 Å². The summed E-state index contributed by atoms with van der Waals surface area (Å²) in [6.07, 6.45) is 6.43. The number of esters is 5. The van der Waals surface area contributed by atoms with Crippen LogP contribution in [0.15, 0.2) is 210 Å². The van der Waals surface area contributed by atoms with E-state index in [2.05, 4.69) is 45.2 Å². The third kappa shape index (κ3) is 34.5. The monoisotopic (exact) mass is 1620 g/mol. The van der Waals surface area contributed by atoms with Crippen molar-refractivity contribution in [1.82, 2.24) is 0 Å². The lowest BCUT2D eigenvalue weighted by atomic mass is 10.1. The zero-order valence-electron chi connectivity index (χ0n) is 67.0. The van der Waals surface area contributed by atoms with Gasteiger partial charge in [-0.1, -0.05) is 13.2 Å². The predicted octanol–water partition coefficient (Wildman–Crippen LogP) is 13.2. The molecule has 0 heterocycles. The van der Waals surface area contributed by atoms with Crippen LogP contribution in [0.4, 0.5) is 0 Å². The van der Waals surface area contributed by atoms with E-state index in [-0.39, 0.29) is 51.5 Å². The first kappa shape index (κ1) is 97.3. The highest BCUT2D eigenvalue weighted by Crippen LogP contribution is 2.33. The lowest BCUT2D eigenvalue weighted by molar-refractivity contribution is -0.141. The molecule has 0 bridgehead atoms. The highest BCUT2D eigenvalue weighted by atomic mass is 16.6. The Bertz CT molecular complexity index is 4630. The number of nitrogens with zero attached hydrogens (tertiary/aromatic N) is 4. The van der Waals surface area contributed by atoms with Crippen molar-refractivity contribution in [1.29, 1.82) is 0 Å². The topological polar surface area (TPSA) is 453 Å². The second-order valence-corrected chi connectivity index (χ2v) is 24.1. The van der Waals surface area contributed by atoms with Crippen LogP contribution in [0.2, 0.25) is 0 Å². The molecule has 0 aromatic heterocycles. The Morgan fingerprint density at radius 1 is 0.342 bits per heavy atom. The van der Waals surface area contributed by atoms with Crippen molar-refractivity contribution in [3.8, 4) is 74.7 Å². The van der Waals surface area contributed by atoms with Gasteiger partial charge in [-0.25, -0.2) is 24.0 Å². The third-order valence-electron chi connectivity index (χ3n) is 15.9. The second-order valence-electron chi connectivity index (χ2n) is 24.1. The van der Waals surface area contributed by atoms with E-state index in [4.69, 9.17) is 66.7 Å². The van der Waals surface area contributed by atoms with Gasteiger partial charge in [-0.2, -0.15) is 20.4 Å². The van der Waals surface area contributed by atoms with Crippen LogP contribution in [0.1, 0.15) is 144 Å². The third-order valence-corrected chi connectivity index (χ3v) is 15.9. The SMILES string of the molecule is C=CC(=O)OCCCCOc1ccc(C(=O)O)cc1.C=CC(=O)OCCCCOc1ccc(C(=O)Oc2ccc(/C(C)=N/N=C(\C)c3ccc(OC(=O)c4ccc(OCCCCOC(C)=O)cc4)c(OC)c3)cc2OC)cc1.COc1cc(/C(C)=N/N=C(\C)c2ccc(O)c(OC)c2)ccc1O.COc1cc(C(C)=O)ccc1O.NN.O. The standard InChI is InChI=1S/C45H48N2O12.C18H20N2O4.C14H16O5.C9H10O3.H4N2.H2O/c1-7-43(49)57-27-11-10-26-56-38-20-14-34(15-21-38)45(51)59-40-23-17-36(29-42(40)53-6)31(3)47-46-30(2)35-16-22-39(41(28-35)52-5)58-44(50)33-12-18-37(19-13-33)55-25-9-8-24-54-32(4)48;1-11(13-5-7-15(21)17(9-13)23-3)19-20-12(2)14-6-8-16(22)18(10-14)24-4;1-2-13(15)19-10-4-3-9-18-12-7-5-11(6-8-12)14(16)17;1-6(10)7-3-4-8(11)9(5-7)12-2;1-2;/h7,12-23,28-29H,1,8-11,24-27H2,2-6H3;5-10,21-22H,1-4H3;2,5-8H,1,3-4,9-10H2,(H,16,17);3-5,11H,1-2H3;1-2H2;1H2/b46-30+,47-31+;19-11+,20-12+;;;;. The summed E-state index contributed by atoms with van der Waals surface area (Å²) in [5, 5.41) is 54.4. The highest BCUT2D eigenvalue weighted by molar-refractivity contribution is 6.04. The summed E-state index contributed by atoms with van der Waals surface area (Å²) in [7, 11) is 7.38. The normalized spacial score (nSPS) is 10.7. The zero-order valence-corrected chi connectivity index (χ0v) is 67.0. The molecule has 0 aliphatic carbocycles. The van der Waals surface area contributed by atoms with Gasteiger partial charge in [-0.3, -0.25) is 21.3 Å². The number of ether oxygens (including phenoxy) is 13. The number of Topliss-reactive ketones (excluding diaryl/α,β-unsaturated/α-hetero) is 1. The van der Waals surface area contributed by atoms with Gasteiger partial charge in [0.05, 0.1) is 115 Å². The number of phenolic OH excluding ortho intramolecular Hbond substituents is 3. The molecule has 624 valence electrons. The molecule has 0 radical (unpaired) electrons. The molecule has 117 heavy (non-hydrogen) atoms.